The molecule has 15 heteroatoms. The number of hydrogen-bond donors (Lipinski definition) is 4. The molecule has 3 aromatic rings. The van der Waals surface area contributed by atoms with E-state index >= 15 is 0 Å². The molecule has 15 nitrogen and oxygen atoms in total. The van der Waals surface area contributed by atoms with Gasteiger partial charge in [-0.05, 0) is 55.4 Å². The fourth-order valence-corrected chi connectivity index (χ4v) is 8.49. The third kappa shape index (κ3) is 10.5. The topological polar surface area (TPSA) is 171 Å². The van der Waals surface area contributed by atoms with E-state index in [0.717, 1.165) is 77.7 Å². The lowest BCUT2D eigenvalue weighted by Gasteiger charge is -2.47. The lowest BCUT2D eigenvalue weighted by Crippen LogP contribution is -2.57. The first-order valence-corrected chi connectivity index (χ1v) is 20.4. The number of aliphatic hydroxyl groups excluding tert-OH is 1. The van der Waals surface area contributed by atoms with Crippen molar-refractivity contribution in [2.24, 2.45) is 0 Å². The summed E-state index contributed by atoms with van der Waals surface area (Å²) in [5, 5.41) is 26.9. The predicted molar refractivity (Wildman–Crippen MR) is 214 cm³/mol. The molecule has 1 atom stereocenters. The first-order chi connectivity index (χ1) is 27.8. The summed E-state index contributed by atoms with van der Waals surface area (Å²) in [5.74, 6) is 1.15. The summed E-state index contributed by atoms with van der Waals surface area (Å²) in [6, 6.07) is 13.7. The molecular weight excluding hydrogens is 731 g/mol. The molecule has 3 aliphatic heterocycles. The summed E-state index contributed by atoms with van der Waals surface area (Å²) in [7, 11) is 1.62. The maximum absolute atomic E-state index is 13.4. The fourth-order valence-electron chi connectivity index (χ4n) is 8.49. The highest BCUT2D eigenvalue weighted by atomic mass is 16.5. The largest absolute Gasteiger partial charge is 0.506 e. The number of piperidine rings is 1. The molecule has 57 heavy (non-hydrogen) atoms. The molecule has 0 unspecified atom stereocenters. The van der Waals surface area contributed by atoms with E-state index in [1.54, 1.807) is 25.4 Å². The zero-order valence-corrected chi connectivity index (χ0v) is 33.0. The summed E-state index contributed by atoms with van der Waals surface area (Å²) < 4.78 is 23.2. The number of aromatic hydroxyl groups is 1. The average molecular weight is 788 g/mol. The van der Waals surface area contributed by atoms with Gasteiger partial charge in [-0.1, -0.05) is 37.1 Å². The van der Waals surface area contributed by atoms with Crippen molar-refractivity contribution in [3.63, 3.8) is 0 Å². The van der Waals surface area contributed by atoms with Crippen molar-refractivity contribution < 1.29 is 38.7 Å². The molecule has 4 heterocycles. The number of nitrogens with one attached hydrogen (secondary N) is 2. The van der Waals surface area contributed by atoms with Crippen molar-refractivity contribution >= 4 is 23.5 Å². The minimum absolute atomic E-state index is 0.0891. The number of carbonyl (C=O) groups is 2. The number of phenolic OH excluding ortho intramolecular Hbond substituents is 1. The van der Waals surface area contributed by atoms with Crippen molar-refractivity contribution in [3.05, 3.63) is 65.4 Å². The third-order valence-corrected chi connectivity index (χ3v) is 11.6. The summed E-state index contributed by atoms with van der Waals surface area (Å²) in [6.45, 7) is 7.02. The van der Waals surface area contributed by atoms with Crippen LogP contribution in [0.1, 0.15) is 67.7 Å². The van der Waals surface area contributed by atoms with E-state index in [1.165, 1.54) is 17.2 Å². The Morgan fingerprint density at radius 1 is 1.12 bits per heavy atom. The second kappa shape index (κ2) is 19.3. The fraction of sp³-hybridized carbons (Fsp3) is 0.571. The standard InChI is InChI=1S/C42H57N7O8/c1-54-37-11-16-44-41(46-37)48-21-24-57-42(29-48)14-18-47(19-15-42)27-31-6-4-5-30(25-31)12-22-55-23-13-38(53)49(32-7-2-3-8-32)20-17-43-26-35(51)33-9-10-34(50)39-40(33)56-28-36(52)45-39/h4-6,9-11,16,25,32,35,43,50-51H,2-3,7-8,12-15,17-24,26-29H2,1H3,(H,45,52)/t35-/m0/s1. The van der Waals surface area contributed by atoms with Crippen LogP contribution in [0.3, 0.4) is 0 Å². The van der Waals surface area contributed by atoms with Crippen molar-refractivity contribution in [1.82, 2.24) is 25.1 Å². The second-order valence-electron chi connectivity index (χ2n) is 15.5. The lowest BCUT2D eigenvalue weighted by molar-refractivity contribution is -0.134. The molecule has 2 aromatic carbocycles. The molecule has 0 radical (unpaired) electrons. The lowest BCUT2D eigenvalue weighted by atomic mass is 9.89. The summed E-state index contributed by atoms with van der Waals surface area (Å²) >= 11 is 0. The molecule has 1 saturated carbocycles. The Morgan fingerprint density at radius 3 is 2.77 bits per heavy atom. The highest BCUT2D eigenvalue weighted by Crippen LogP contribution is 2.41. The van der Waals surface area contributed by atoms with Gasteiger partial charge in [-0.2, -0.15) is 4.98 Å². The van der Waals surface area contributed by atoms with Gasteiger partial charge in [0.2, 0.25) is 17.7 Å². The SMILES string of the molecule is COc1ccnc(N2CCOC3(CCN(Cc4cccc(CCOCCC(=O)N(CCNC[C@H](O)c5ccc(O)c6c5OCC(=O)N6)C5CCCC5)c4)CC3)C2)n1. The average Bonchev–Trinajstić information content (AvgIpc) is 3.77. The maximum atomic E-state index is 13.4. The van der Waals surface area contributed by atoms with Crippen LogP contribution in [0.2, 0.25) is 0 Å². The van der Waals surface area contributed by atoms with E-state index in [1.807, 2.05) is 4.90 Å². The molecule has 3 fully saturated rings. The van der Waals surface area contributed by atoms with E-state index in [0.29, 0.717) is 56.7 Å². The Labute approximate surface area is 334 Å². The highest BCUT2D eigenvalue weighted by Gasteiger charge is 2.40. The number of anilines is 2. The van der Waals surface area contributed by atoms with Crippen LogP contribution in [0.5, 0.6) is 17.4 Å². The van der Waals surface area contributed by atoms with Crippen molar-refractivity contribution in [2.45, 2.75) is 75.7 Å². The molecule has 1 spiro atoms. The molecule has 308 valence electrons. The van der Waals surface area contributed by atoms with Crippen LogP contribution >= 0.6 is 0 Å². The number of methoxy groups -OCH3 is 1. The Kier molecular flexibility index (Phi) is 13.7. The molecule has 4 N–H and O–H groups in total. The molecule has 1 aliphatic carbocycles. The number of rotatable bonds is 17. The third-order valence-electron chi connectivity index (χ3n) is 11.6. The zero-order valence-electron chi connectivity index (χ0n) is 33.0. The van der Waals surface area contributed by atoms with Crippen LogP contribution < -0.4 is 25.0 Å². The Hall–Kier alpha value is -4.54. The zero-order chi connectivity index (χ0) is 39.6. The van der Waals surface area contributed by atoms with Crippen LogP contribution in [0.4, 0.5) is 11.6 Å². The maximum Gasteiger partial charge on any atom is 0.262 e. The van der Waals surface area contributed by atoms with Gasteiger partial charge in [-0.3, -0.25) is 14.5 Å². The van der Waals surface area contributed by atoms with Crippen LogP contribution in [0, 0.1) is 0 Å². The monoisotopic (exact) mass is 787 g/mol. The van der Waals surface area contributed by atoms with Crippen molar-refractivity contribution in [1.29, 1.82) is 0 Å². The minimum atomic E-state index is -0.928. The number of benzene rings is 2. The van der Waals surface area contributed by atoms with Gasteiger partial charge in [0.25, 0.3) is 5.91 Å². The molecule has 1 aromatic heterocycles. The molecule has 0 bridgehead atoms. The Morgan fingerprint density at radius 2 is 1.95 bits per heavy atom. The number of hydrogen-bond acceptors (Lipinski definition) is 13. The van der Waals surface area contributed by atoms with Gasteiger partial charge in [-0.25, -0.2) is 4.98 Å². The number of nitrogens with zero attached hydrogens (tertiary/aromatic N) is 5. The number of amides is 2. The van der Waals surface area contributed by atoms with E-state index in [2.05, 4.69) is 54.7 Å². The normalized spacial score (nSPS) is 18.8. The first-order valence-electron chi connectivity index (χ1n) is 20.4. The van der Waals surface area contributed by atoms with E-state index in [4.69, 9.17) is 18.9 Å². The number of phenols is 1. The van der Waals surface area contributed by atoms with Gasteiger partial charge in [0.05, 0.1) is 51.6 Å². The van der Waals surface area contributed by atoms with Crippen molar-refractivity contribution in [3.8, 4) is 17.4 Å². The summed E-state index contributed by atoms with van der Waals surface area (Å²) in [5.41, 5.74) is 2.96. The number of carbonyl (C=O) groups excluding carboxylic acids is 2. The van der Waals surface area contributed by atoms with Crippen LogP contribution in [-0.2, 0) is 32.0 Å². The van der Waals surface area contributed by atoms with Gasteiger partial charge in [0.15, 0.2) is 12.4 Å². The van der Waals surface area contributed by atoms with E-state index < -0.39 is 6.10 Å². The quantitative estimate of drug-likeness (QED) is 0.116. The van der Waals surface area contributed by atoms with Gasteiger partial charge < -0.3 is 49.6 Å². The summed E-state index contributed by atoms with van der Waals surface area (Å²) in [4.78, 5) is 40.9. The number of likely N-dealkylation sites (tertiary alicyclic amines) is 1. The molecule has 2 saturated heterocycles. The van der Waals surface area contributed by atoms with Crippen LogP contribution in [0.15, 0.2) is 48.7 Å². The predicted octanol–water partition coefficient (Wildman–Crippen LogP) is 3.44. The van der Waals surface area contributed by atoms with Gasteiger partial charge in [0, 0.05) is 69.7 Å². The van der Waals surface area contributed by atoms with Gasteiger partial charge in [-0.15, -0.1) is 0 Å². The molecular formula is C42H57N7O8. The number of fused-ring (bicyclic) bond motifs is 1. The first kappa shape index (κ1) is 40.6. The number of aliphatic hydroxyl groups is 1. The van der Waals surface area contributed by atoms with Gasteiger partial charge >= 0.3 is 0 Å². The number of ether oxygens (including phenoxy) is 4. The molecule has 4 aliphatic rings. The highest BCUT2D eigenvalue weighted by molar-refractivity contribution is 5.97. The van der Waals surface area contributed by atoms with Crippen molar-refractivity contribution in [2.75, 3.05) is 89.6 Å². The molecule has 2 amide bonds. The van der Waals surface area contributed by atoms with Gasteiger partial charge in [0.1, 0.15) is 11.4 Å². The second-order valence-corrected chi connectivity index (χ2v) is 15.5. The Balaban J connectivity index is 0.813. The number of morpholine rings is 1. The number of aromatic nitrogens is 2. The molecule has 7 rings (SSSR count). The van der Waals surface area contributed by atoms with Crippen LogP contribution in [0.25, 0.3) is 0 Å². The minimum Gasteiger partial charge on any atom is -0.506 e. The van der Waals surface area contributed by atoms with E-state index in [9.17, 15) is 19.8 Å². The Bertz CT molecular complexity index is 1820. The summed E-state index contributed by atoms with van der Waals surface area (Å²) in [6.07, 6.45) is 8.06. The smallest absolute Gasteiger partial charge is 0.262 e. The van der Waals surface area contributed by atoms with E-state index in [-0.39, 0.29) is 53.8 Å². The van der Waals surface area contributed by atoms with Crippen LogP contribution in [-0.4, -0.2) is 133 Å².